The second kappa shape index (κ2) is 8.94. The molecule has 0 heterocycles. The standard InChI is InChI=1S/C6H7P.CHO.Rh/c7-6-4-2-1-3-5-6;1-2;/h1-5H,7H2;1H;/q;-1;. The third-order valence-corrected chi connectivity index (χ3v) is 1.18. The van der Waals surface area contributed by atoms with Gasteiger partial charge in [-0.3, -0.25) is 6.79 Å². The van der Waals surface area contributed by atoms with Gasteiger partial charge < -0.3 is 4.79 Å². The molecule has 0 N–H and O–H groups in total. The van der Waals surface area contributed by atoms with Gasteiger partial charge >= 0.3 is 0 Å². The fraction of sp³-hybridized carbons (Fsp3) is 0. The van der Waals surface area contributed by atoms with E-state index in [1.165, 1.54) is 5.30 Å². The van der Waals surface area contributed by atoms with Crippen LogP contribution < -0.4 is 5.30 Å². The van der Waals surface area contributed by atoms with Gasteiger partial charge in [-0.2, -0.15) is 0 Å². The predicted molar refractivity (Wildman–Crippen MR) is 42.5 cm³/mol. The van der Waals surface area contributed by atoms with Crippen molar-refractivity contribution in [1.82, 2.24) is 0 Å². The van der Waals surface area contributed by atoms with Crippen molar-refractivity contribution in [3.63, 3.8) is 0 Å². The second-order valence-corrected chi connectivity index (χ2v) is 2.08. The Hall–Kier alpha value is -0.0566. The Kier molecular flexibility index (Phi) is 11.3. The second-order valence-electron chi connectivity index (χ2n) is 1.41. The van der Waals surface area contributed by atoms with E-state index in [0.717, 1.165) is 0 Å². The molecule has 0 amide bonds. The van der Waals surface area contributed by atoms with E-state index < -0.39 is 0 Å². The minimum atomic E-state index is 0. The third-order valence-electron chi connectivity index (χ3n) is 0.800. The first-order valence-corrected chi connectivity index (χ1v) is 3.01. The van der Waals surface area contributed by atoms with Gasteiger partial charge in [0.1, 0.15) is 0 Å². The summed E-state index contributed by atoms with van der Waals surface area (Å²) in [6.45, 7) is 3.25. The van der Waals surface area contributed by atoms with Crippen LogP contribution in [0.4, 0.5) is 0 Å². The molecule has 0 fully saturated rings. The monoisotopic (exact) mass is 242 g/mol. The molecule has 1 aromatic rings. The summed E-state index contributed by atoms with van der Waals surface area (Å²) in [6.07, 6.45) is 0. The summed E-state index contributed by atoms with van der Waals surface area (Å²) < 4.78 is 0. The summed E-state index contributed by atoms with van der Waals surface area (Å²) in [5, 5.41) is 1.24. The predicted octanol–water partition coefficient (Wildman–Crippen LogP) is 0.910. The molecule has 0 aliphatic rings. The van der Waals surface area contributed by atoms with Gasteiger partial charge in [-0.1, -0.05) is 30.3 Å². The van der Waals surface area contributed by atoms with Gasteiger partial charge in [-0.15, -0.1) is 9.24 Å². The van der Waals surface area contributed by atoms with Gasteiger partial charge in [0.2, 0.25) is 0 Å². The van der Waals surface area contributed by atoms with Crippen molar-refractivity contribution in [1.29, 1.82) is 0 Å². The Bertz CT molecular complexity index is 155. The van der Waals surface area contributed by atoms with Crippen LogP contribution in [-0.2, 0) is 24.3 Å². The van der Waals surface area contributed by atoms with Crippen LogP contribution in [0.1, 0.15) is 0 Å². The number of benzene rings is 1. The van der Waals surface area contributed by atoms with Crippen LogP contribution in [0.15, 0.2) is 30.3 Å². The number of hydrogen-bond donors (Lipinski definition) is 0. The molecular formula is C7H8OPRh-. The first kappa shape index (κ1) is 12.6. The van der Waals surface area contributed by atoms with Crippen molar-refractivity contribution in [3.05, 3.63) is 30.3 Å². The van der Waals surface area contributed by atoms with Crippen LogP contribution in [-0.4, -0.2) is 6.79 Å². The van der Waals surface area contributed by atoms with E-state index in [9.17, 15) is 0 Å². The van der Waals surface area contributed by atoms with Crippen LogP contribution in [0.3, 0.4) is 0 Å². The van der Waals surface area contributed by atoms with Crippen molar-refractivity contribution >= 4 is 21.3 Å². The smallest absolute Gasteiger partial charge is 0 e. The summed E-state index contributed by atoms with van der Waals surface area (Å²) in [6, 6.07) is 10.1. The van der Waals surface area contributed by atoms with E-state index in [-0.39, 0.29) is 19.5 Å². The fourth-order valence-corrected chi connectivity index (χ4v) is 0.675. The van der Waals surface area contributed by atoms with Crippen molar-refractivity contribution in [2.24, 2.45) is 0 Å². The largest absolute Gasteiger partial charge is 0.545 e. The molecule has 1 aromatic carbocycles. The van der Waals surface area contributed by atoms with Crippen molar-refractivity contribution in [3.8, 4) is 0 Å². The van der Waals surface area contributed by atoms with Gasteiger partial charge in [-0.25, -0.2) is 0 Å². The number of hydrogen-bond acceptors (Lipinski definition) is 1. The average molecular weight is 242 g/mol. The zero-order valence-corrected chi connectivity index (χ0v) is 8.08. The topological polar surface area (TPSA) is 17.1 Å². The molecule has 0 saturated carbocycles. The molecule has 0 saturated heterocycles. The zero-order chi connectivity index (χ0) is 7.11. The van der Waals surface area contributed by atoms with Gasteiger partial charge in [0.25, 0.3) is 0 Å². The molecular weight excluding hydrogens is 234 g/mol. The van der Waals surface area contributed by atoms with E-state index >= 15 is 0 Å². The van der Waals surface area contributed by atoms with E-state index in [1.54, 1.807) is 0 Å². The summed E-state index contributed by atoms with van der Waals surface area (Å²) in [5.74, 6) is 0. The maximum Gasteiger partial charge on any atom is 0 e. The maximum atomic E-state index is 7.75. The molecule has 1 unspecified atom stereocenters. The van der Waals surface area contributed by atoms with Gasteiger partial charge in [-0.05, 0) is 5.30 Å². The van der Waals surface area contributed by atoms with Gasteiger partial charge in [0.05, 0.1) is 0 Å². The SMILES string of the molecule is Pc1ccccc1.[CH-]=O.[Rh]. The molecule has 1 radical (unpaired) electrons. The van der Waals surface area contributed by atoms with E-state index in [4.69, 9.17) is 4.79 Å². The van der Waals surface area contributed by atoms with Crippen LogP contribution in [0.25, 0.3) is 0 Å². The van der Waals surface area contributed by atoms with Crippen molar-refractivity contribution in [2.75, 3.05) is 0 Å². The van der Waals surface area contributed by atoms with Crippen molar-refractivity contribution < 1.29 is 24.3 Å². The fourth-order valence-electron chi connectivity index (χ4n) is 0.453. The van der Waals surface area contributed by atoms with Crippen molar-refractivity contribution in [2.45, 2.75) is 0 Å². The summed E-state index contributed by atoms with van der Waals surface area (Å²) in [4.78, 5) is 7.75. The molecule has 0 aliphatic carbocycles. The van der Waals surface area contributed by atoms with E-state index in [1.807, 2.05) is 30.3 Å². The summed E-state index contributed by atoms with van der Waals surface area (Å²) in [5.41, 5.74) is 0. The molecule has 57 valence electrons. The third kappa shape index (κ3) is 6.07. The van der Waals surface area contributed by atoms with E-state index in [2.05, 4.69) is 16.0 Å². The molecule has 10 heavy (non-hydrogen) atoms. The Morgan fingerprint density at radius 3 is 1.70 bits per heavy atom. The minimum absolute atomic E-state index is 0. The van der Waals surface area contributed by atoms with Crippen LogP contribution in [0.2, 0.25) is 0 Å². The molecule has 0 bridgehead atoms. The molecule has 0 aromatic heterocycles. The quantitative estimate of drug-likeness (QED) is 0.286. The Labute approximate surface area is 76.2 Å². The normalized spacial score (nSPS) is 6.50. The van der Waals surface area contributed by atoms with Gasteiger partial charge in [0.15, 0.2) is 0 Å². The molecule has 3 heteroatoms. The Morgan fingerprint density at radius 1 is 1.10 bits per heavy atom. The minimum Gasteiger partial charge on any atom is -0.545 e. The Morgan fingerprint density at radius 2 is 1.50 bits per heavy atom. The Balaban J connectivity index is 0. The average Bonchev–Trinajstić information content (AvgIpc) is 1.94. The number of carbonyl (C=O) groups excluding carboxylic acids is 1. The first-order valence-electron chi connectivity index (χ1n) is 2.44. The molecule has 0 aliphatic heterocycles. The zero-order valence-electron chi connectivity index (χ0n) is 5.28. The molecule has 1 rings (SSSR count). The van der Waals surface area contributed by atoms with Crippen LogP contribution in [0, 0.1) is 0 Å². The van der Waals surface area contributed by atoms with Crippen LogP contribution in [0.5, 0.6) is 0 Å². The van der Waals surface area contributed by atoms with Crippen LogP contribution >= 0.6 is 9.24 Å². The molecule has 0 spiro atoms. The van der Waals surface area contributed by atoms with E-state index in [0.29, 0.717) is 0 Å². The summed E-state index contributed by atoms with van der Waals surface area (Å²) >= 11 is 0. The summed E-state index contributed by atoms with van der Waals surface area (Å²) in [7, 11) is 2.63. The van der Waals surface area contributed by atoms with Gasteiger partial charge in [0, 0.05) is 19.5 Å². The molecule has 1 nitrogen and oxygen atoms in total. The first-order chi connectivity index (χ1) is 4.39. The number of rotatable bonds is 0. The maximum absolute atomic E-state index is 7.75. The molecule has 1 atom stereocenters.